The topological polar surface area (TPSA) is 0 Å². The van der Waals surface area contributed by atoms with Crippen molar-refractivity contribution in [1.82, 2.24) is 0 Å². The molecule has 0 heterocycles. The first-order valence-electron chi connectivity index (χ1n) is 6.36. The van der Waals surface area contributed by atoms with Gasteiger partial charge >= 0.3 is 0 Å². The molecule has 0 saturated carbocycles. The van der Waals surface area contributed by atoms with E-state index in [0.29, 0.717) is 0 Å². The Morgan fingerprint density at radius 3 is 2.50 bits per heavy atom. The third-order valence-electron chi connectivity index (χ3n) is 2.56. The van der Waals surface area contributed by atoms with Crippen LogP contribution in [0, 0.1) is 12.8 Å². The highest BCUT2D eigenvalue weighted by molar-refractivity contribution is 5.22. The minimum Gasteiger partial charge on any atom is -0.0816 e. The van der Waals surface area contributed by atoms with Crippen LogP contribution in [0.2, 0.25) is 0 Å². The molecule has 0 fully saturated rings. The molecule has 0 N–H and O–H groups in total. The lowest BCUT2D eigenvalue weighted by Crippen LogP contribution is -1.87. The zero-order valence-corrected chi connectivity index (χ0v) is 11.4. The van der Waals surface area contributed by atoms with Crippen molar-refractivity contribution in [3.63, 3.8) is 0 Å². The molecule has 0 bridgehead atoms. The molecular weight excluding hydrogens is 192 g/mol. The van der Waals surface area contributed by atoms with Crippen LogP contribution in [0.4, 0.5) is 0 Å². The monoisotopic (exact) mass is 219 g/mol. The molecule has 0 saturated heterocycles. The molecule has 0 heteroatoms. The predicted molar refractivity (Wildman–Crippen MR) is 75.3 cm³/mol. The van der Waals surface area contributed by atoms with Crippen LogP contribution in [-0.4, -0.2) is 0 Å². The summed E-state index contributed by atoms with van der Waals surface area (Å²) in [7, 11) is 0. The zero-order valence-electron chi connectivity index (χ0n) is 11.4. The lowest BCUT2D eigenvalue weighted by molar-refractivity contribution is 0.555. The Morgan fingerprint density at radius 1 is 1.25 bits per heavy atom. The van der Waals surface area contributed by atoms with Gasteiger partial charge in [-0.15, -0.1) is 0 Å². The second kappa shape index (κ2) is 9.45. The Morgan fingerprint density at radius 2 is 1.94 bits per heavy atom. The van der Waals surface area contributed by atoms with E-state index in [2.05, 4.69) is 58.9 Å². The van der Waals surface area contributed by atoms with Gasteiger partial charge in [-0.05, 0) is 46.0 Å². The smallest absolute Gasteiger partial charge is 0.0320 e. The summed E-state index contributed by atoms with van der Waals surface area (Å²) in [4.78, 5) is 0. The minimum atomic E-state index is 0.825. The van der Waals surface area contributed by atoms with Crippen LogP contribution < -0.4 is 0 Å². The van der Waals surface area contributed by atoms with Crippen molar-refractivity contribution >= 4 is 0 Å². The summed E-state index contributed by atoms with van der Waals surface area (Å²) in [5.74, 6) is 0.825. The summed E-state index contributed by atoms with van der Waals surface area (Å²) in [5, 5.41) is 0. The fraction of sp³-hybridized carbons (Fsp3) is 0.562. The second-order valence-corrected chi connectivity index (χ2v) is 4.90. The standard InChI is InChI=1S/C16H27/c1-6-9-15(4)12-8-13-16(5)11-7-10-14(2)3/h8-9,12-14H,1,6-7,10-11H2,2-5H3. The number of rotatable bonds is 7. The lowest BCUT2D eigenvalue weighted by Gasteiger charge is -2.03. The largest absolute Gasteiger partial charge is 0.0816 e. The van der Waals surface area contributed by atoms with E-state index in [9.17, 15) is 0 Å². The molecule has 16 heavy (non-hydrogen) atoms. The highest BCUT2D eigenvalue weighted by Crippen LogP contribution is 2.11. The van der Waals surface area contributed by atoms with Crippen LogP contribution in [0.5, 0.6) is 0 Å². The maximum atomic E-state index is 3.80. The van der Waals surface area contributed by atoms with Gasteiger partial charge in [0.25, 0.3) is 0 Å². The van der Waals surface area contributed by atoms with Gasteiger partial charge in [0.15, 0.2) is 0 Å². The highest BCUT2D eigenvalue weighted by Gasteiger charge is 1.94. The summed E-state index contributed by atoms with van der Waals surface area (Å²) in [6.45, 7) is 12.7. The third kappa shape index (κ3) is 9.76. The Labute approximate surface area is 102 Å². The average molecular weight is 219 g/mol. The molecule has 0 aromatic carbocycles. The zero-order chi connectivity index (χ0) is 12.4. The van der Waals surface area contributed by atoms with Gasteiger partial charge in [0.05, 0.1) is 0 Å². The first kappa shape index (κ1) is 15.2. The van der Waals surface area contributed by atoms with E-state index in [-0.39, 0.29) is 0 Å². The van der Waals surface area contributed by atoms with Crippen molar-refractivity contribution in [2.75, 3.05) is 0 Å². The van der Waals surface area contributed by atoms with E-state index < -0.39 is 0 Å². The fourth-order valence-electron chi connectivity index (χ4n) is 1.53. The molecule has 0 aliphatic heterocycles. The summed E-state index contributed by atoms with van der Waals surface area (Å²) >= 11 is 0. The normalized spacial score (nSPS) is 14.1. The van der Waals surface area contributed by atoms with Crippen molar-refractivity contribution in [2.45, 2.75) is 53.4 Å². The molecule has 0 amide bonds. The third-order valence-corrected chi connectivity index (χ3v) is 2.56. The van der Waals surface area contributed by atoms with E-state index in [1.165, 1.54) is 30.4 Å². The molecule has 0 unspecified atom stereocenters. The molecule has 0 nitrogen and oxygen atoms in total. The van der Waals surface area contributed by atoms with Gasteiger partial charge in [-0.25, -0.2) is 0 Å². The summed E-state index contributed by atoms with van der Waals surface area (Å²) in [6.07, 6.45) is 13.4. The van der Waals surface area contributed by atoms with Gasteiger partial charge in [-0.3, -0.25) is 0 Å². The van der Waals surface area contributed by atoms with Crippen LogP contribution in [0.15, 0.2) is 35.5 Å². The van der Waals surface area contributed by atoms with E-state index in [4.69, 9.17) is 0 Å². The molecule has 0 aromatic rings. The van der Waals surface area contributed by atoms with E-state index >= 15 is 0 Å². The fourth-order valence-corrected chi connectivity index (χ4v) is 1.53. The van der Waals surface area contributed by atoms with Crippen molar-refractivity contribution in [2.24, 2.45) is 5.92 Å². The van der Waals surface area contributed by atoms with E-state index in [1.807, 2.05) is 0 Å². The molecule has 0 aromatic heterocycles. The highest BCUT2D eigenvalue weighted by atomic mass is 14.0. The molecule has 0 rings (SSSR count). The van der Waals surface area contributed by atoms with Gasteiger partial charge in [-0.2, -0.15) is 0 Å². The first-order valence-corrected chi connectivity index (χ1v) is 6.36. The number of hydrogen-bond acceptors (Lipinski definition) is 0. The predicted octanol–water partition coefficient (Wildman–Crippen LogP) is 5.49. The average Bonchev–Trinajstić information content (AvgIpc) is 2.17. The van der Waals surface area contributed by atoms with Crippen molar-refractivity contribution in [3.05, 3.63) is 42.4 Å². The SMILES string of the molecule is [CH2]CC=C(C)C=CC=C(C)CCCC(C)C. The lowest BCUT2D eigenvalue weighted by atomic mass is 10.0. The molecule has 0 aliphatic rings. The maximum absolute atomic E-state index is 3.80. The molecular formula is C16H27. The van der Waals surface area contributed by atoms with E-state index in [0.717, 1.165) is 12.3 Å². The van der Waals surface area contributed by atoms with Crippen molar-refractivity contribution in [1.29, 1.82) is 0 Å². The molecule has 0 atom stereocenters. The number of allylic oxidation sites excluding steroid dienone is 6. The van der Waals surface area contributed by atoms with E-state index in [1.54, 1.807) is 0 Å². The summed E-state index contributed by atoms with van der Waals surface area (Å²) < 4.78 is 0. The van der Waals surface area contributed by atoms with Gasteiger partial charge in [0.2, 0.25) is 0 Å². The molecule has 91 valence electrons. The first-order chi connectivity index (χ1) is 7.56. The Balaban J connectivity index is 3.90. The van der Waals surface area contributed by atoms with Gasteiger partial charge in [0, 0.05) is 0 Å². The van der Waals surface area contributed by atoms with Crippen LogP contribution in [-0.2, 0) is 0 Å². The van der Waals surface area contributed by atoms with Crippen LogP contribution >= 0.6 is 0 Å². The van der Waals surface area contributed by atoms with Gasteiger partial charge in [-0.1, -0.05) is 55.7 Å². The molecule has 1 radical (unpaired) electrons. The Bertz CT molecular complexity index is 251. The summed E-state index contributed by atoms with van der Waals surface area (Å²) in [6, 6.07) is 0. The molecule has 0 aliphatic carbocycles. The second-order valence-electron chi connectivity index (χ2n) is 4.90. The quantitative estimate of drug-likeness (QED) is 0.497. The van der Waals surface area contributed by atoms with Crippen LogP contribution in [0.3, 0.4) is 0 Å². The van der Waals surface area contributed by atoms with Crippen LogP contribution in [0.25, 0.3) is 0 Å². The van der Waals surface area contributed by atoms with Gasteiger partial charge in [0.1, 0.15) is 0 Å². The Kier molecular flexibility index (Phi) is 8.99. The summed E-state index contributed by atoms with van der Waals surface area (Å²) in [5.41, 5.74) is 2.76. The van der Waals surface area contributed by atoms with Crippen molar-refractivity contribution in [3.8, 4) is 0 Å². The number of hydrogen-bond donors (Lipinski definition) is 0. The minimum absolute atomic E-state index is 0.825. The maximum Gasteiger partial charge on any atom is -0.0320 e. The van der Waals surface area contributed by atoms with Crippen molar-refractivity contribution < 1.29 is 0 Å². The Hall–Kier alpha value is -0.780. The van der Waals surface area contributed by atoms with Crippen LogP contribution in [0.1, 0.15) is 53.4 Å². The van der Waals surface area contributed by atoms with Gasteiger partial charge < -0.3 is 0 Å². The molecule has 0 spiro atoms.